The molecule has 9 atom stereocenters. The first-order valence-corrected chi connectivity index (χ1v) is 21.7. The van der Waals surface area contributed by atoms with Crippen molar-refractivity contribution in [3.8, 4) is 0 Å². The summed E-state index contributed by atoms with van der Waals surface area (Å²) < 4.78 is 11.9. The molecule has 2 N–H and O–H groups in total. The number of carboxylic acid groups (broad SMARTS) is 1. The Balaban J connectivity index is 1.25. The minimum atomic E-state index is -1.18. The first-order valence-electron chi connectivity index (χ1n) is 21.7. The third-order valence-electron chi connectivity index (χ3n) is 16.7. The molecule has 2 amide bonds. The number of carbonyl (C=O) groups is 5. The maximum absolute atomic E-state index is 14.7. The van der Waals surface area contributed by atoms with E-state index in [0.717, 1.165) is 68.9 Å². The lowest BCUT2D eigenvalue weighted by atomic mass is 9.33. The number of rotatable bonds is 8. The normalized spacial score (nSPS) is 38.0. The minimum Gasteiger partial charge on any atom is -0.481 e. The van der Waals surface area contributed by atoms with Crippen molar-refractivity contribution >= 4 is 29.7 Å². The van der Waals surface area contributed by atoms with E-state index in [1.54, 1.807) is 18.7 Å². The number of nitrogens with zero attached hydrogens (tertiary/aromatic N) is 1. The van der Waals surface area contributed by atoms with Gasteiger partial charge in [0.25, 0.3) is 0 Å². The Morgan fingerprint density at radius 2 is 1.55 bits per heavy atom. The highest BCUT2D eigenvalue weighted by Gasteiger charge is 2.71. The number of ether oxygens (including phenoxy) is 2. The summed E-state index contributed by atoms with van der Waals surface area (Å²) >= 11 is 0. The second kappa shape index (κ2) is 14.1. The minimum absolute atomic E-state index is 0.0156. The van der Waals surface area contributed by atoms with Crippen LogP contribution in [-0.4, -0.2) is 70.6 Å². The highest BCUT2D eigenvalue weighted by molar-refractivity contribution is 6.07. The second-order valence-corrected chi connectivity index (χ2v) is 22.2. The lowest BCUT2D eigenvalue weighted by Crippen LogP contribution is -2.66. The molecule has 1 aliphatic heterocycles. The maximum Gasteiger partial charge on any atom is 0.410 e. The van der Waals surface area contributed by atoms with E-state index in [2.05, 4.69) is 53.8 Å². The van der Waals surface area contributed by atoms with Crippen LogP contribution in [0.5, 0.6) is 0 Å². The first-order chi connectivity index (χ1) is 25.7. The molecule has 1 saturated heterocycles. The van der Waals surface area contributed by atoms with Crippen LogP contribution in [0.4, 0.5) is 4.79 Å². The van der Waals surface area contributed by atoms with Gasteiger partial charge in [0.05, 0.1) is 23.3 Å². The van der Waals surface area contributed by atoms with Crippen LogP contribution in [0.2, 0.25) is 0 Å². The monoisotopic (exact) mass is 781 g/mol. The molecule has 56 heavy (non-hydrogen) atoms. The SMILES string of the molecule is CC(C)C1=C2C3CCC4[C@@]5(C)CC[C@H](OC(=O)CC(C)(C)C(=O)O)C(C)(C)C5CC[C@@]4(C)[C@]3(C)CC[C@@]2(C(=O)NC[C@H]2CCCN2C(=O)OC(C)(C)C)CC1=O. The predicted octanol–water partition coefficient (Wildman–Crippen LogP) is 8.90. The molecule has 3 unspecified atom stereocenters. The molecule has 0 aromatic heterocycles. The van der Waals surface area contributed by atoms with Gasteiger partial charge < -0.3 is 24.8 Å². The zero-order valence-corrected chi connectivity index (χ0v) is 36.6. The van der Waals surface area contributed by atoms with Crippen molar-refractivity contribution in [2.75, 3.05) is 13.1 Å². The van der Waals surface area contributed by atoms with Gasteiger partial charge in [-0.2, -0.15) is 0 Å². The van der Waals surface area contributed by atoms with Gasteiger partial charge in [0, 0.05) is 24.9 Å². The van der Waals surface area contributed by atoms with Gasteiger partial charge in [0.1, 0.15) is 11.7 Å². The topological polar surface area (TPSA) is 139 Å². The Hall–Kier alpha value is -2.91. The Morgan fingerprint density at radius 1 is 0.875 bits per heavy atom. The first kappa shape index (κ1) is 42.7. The van der Waals surface area contributed by atoms with Gasteiger partial charge in [-0.05, 0) is 150 Å². The molecule has 10 heteroatoms. The van der Waals surface area contributed by atoms with Crippen LogP contribution in [0.15, 0.2) is 11.1 Å². The van der Waals surface area contributed by atoms with Crippen molar-refractivity contribution in [3.05, 3.63) is 11.1 Å². The molecule has 4 saturated carbocycles. The smallest absolute Gasteiger partial charge is 0.410 e. The van der Waals surface area contributed by atoms with Crippen LogP contribution >= 0.6 is 0 Å². The van der Waals surface area contributed by atoms with Crippen molar-refractivity contribution in [1.82, 2.24) is 10.2 Å². The van der Waals surface area contributed by atoms with Gasteiger partial charge in [0.15, 0.2) is 5.78 Å². The molecule has 5 fully saturated rings. The molecular weight excluding hydrogens is 709 g/mol. The molecule has 0 bridgehead atoms. The zero-order chi connectivity index (χ0) is 41.6. The number of esters is 1. The maximum atomic E-state index is 14.7. The number of allylic oxidation sites excluding steroid dienone is 1. The predicted molar refractivity (Wildman–Crippen MR) is 214 cm³/mol. The summed E-state index contributed by atoms with van der Waals surface area (Å²) in [4.78, 5) is 68.6. The standard InChI is InChI=1S/C46H72N2O8/c1-27(2)35-30(49)24-46(37(51)47-26-28-14-13-23-48(28)39(54)56-40(3,4)5)22-21-44(11)29(36(35)46)15-16-32-43(10)19-18-33(55-34(50)25-41(6,7)38(52)53)42(8,9)31(43)17-20-45(32,44)12/h27-29,31-33H,13-26H2,1-12H3,(H,47,51)(H,52,53)/t28-,29?,31?,32?,33+,43+,44-,45-,46-/m1/s1. The third-order valence-corrected chi connectivity index (χ3v) is 16.7. The van der Waals surface area contributed by atoms with Crippen LogP contribution < -0.4 is 5.32 Å². The number of ketones is 1. The number of hydrogen-bond donors (Lipinski definition) is 2. The van der Waals surface area contributed by atoms with Crippen molar-refractivity contribution in [3.63, 3.8) is 0 Å². The van der Waals surface area contributed by atoms with Crippen LogP contribution in [0.25, 0.3) is 0 Å². The summed E-state index contributed by atoms with van der Waals surface area (Å²) in [6.07, 6.45) is 8.31. The Kier molecular flexibility index (Phi) is 10.8. The average Bonchev–Trinajstić information content (AvgIpc) is 3.67. The molecular formula is C46H72N2O8. The molecule has 0 aromatic carbocycles. The van der Waals surface area contributed by atoms with Crippen molar-refractivity contribution < 1.29 is 38.6 Å². The highest BCUT2D eigenvalue weighted by Crippen LogP contribution is 2.76. The Bertz CT molecular complexity index is 1670. The summed E-state index contributed by atoms with van der Waals surface area (Å²) in [5, 5.41) is 12.9. The van der Waals surface area contributed by atoms with Gasteiger partial charge in [-0.3, -0.25) is 19.2 Å². The van der Waals surface area contributed by atoms with E-state index in [1.165, 1.54) is 0 Å². The molecule has 6 rings (SSSR count). The van der Waals surface area contributed by atoms with E-state index >= 15 is 0 Å². The summed E-state index contributed by atoms with van der Waals surface area (Å²) in [6.45, 7) is 25.9. The van der Waals surface area contributed by atoms with Crippen LogP contribution in [0, 0.1) is 56.2 Å². The molecule has 0 radical (unpaired) electrons. The van der Waals surface area contributed by atoms with E-state index in [0.29, 0.717) is 31.3 Å². The lowest BCUT2D eigenvalue weighted by molar-refractivity contribution is -0.233. The number of nitrogens with one attached hydrogen (secondary N) is 1. The van der Waals surface area contributed by atoms with E-state index in [1.807, 2.05) is 20.8 Å². The lowest BCUT2D eigenvalue weighted by Gasteiger charge is -2.72. The van der Waals surface area contributed by atoms with E-state index in [9.17, 15) is 29.1 Å². The van der Waals surface area contributed by atoms with Crippen molar-refractivity contribution in [1.29, 1.82) is 0 Å². The van der Waals surface area contributed by atoms with Gasteiger partial charge in [-0.1, -0.05) is 48.5 Å². The molecule has 6 aliphatic rings. The van der Waals surface area contributed by atoms with E-state index < -0.39 is 28.4 Å². The number of aliphatic carboxylic acids is 1. The van der Waals surface area contributed by atoms with Gasteiger partial charge >= 0.3 is 18.0 Å². The quantitative estimate of drug-likeness (QED) is 0.233. The number of carboxylic acids is 1. The second-order valence-electron chi connectivity index (χ2n) is 22.2. The summed E-state index contributed by atoms with van der Waals surface area (Å²) in [7, 11) is 0. The van der Waals surface area contributed by atoms with Crippen LogP contribution in [-0.2, 0) is 28.7 Å². The fourth-order valence-electron chi connectivity index (χ4n) is 13.7. The Labute approximate surface area is 336 Å². The Morgan fingerprint density at radius 3 is 2.18 bits per heavy atom. The summed E-state index contributed by atoms with van der Waals surface area (Å²) in [5.74, 6) is -0.476. The molecule has 314 valence electrons. The van der Waals surface area contributed by atoms with Gasteiger partial charge in [0.2, 0.25) is 5.91 Å². The third kappa shape index (κ3) is 6.72. The fourth-order valence-corrected chi connectivity index (χ4v) is 13.7. The summed E-state index contributed by atoms with van der Waals surface area (Å²) in [5.41, 5.74) is -1.04. The van der Waals surface area contributed by atoms with Crippen molar-refractivity contribution in [2.45, 2.75) is 178 Å². The molecule has 0 spiro atoms. The largest absolute Gasteiger partial charge is 0.481 e. The molecule has 10 nitrogen and oxygen atoms in total. The summed E-state index contributed by atoms with van der Waals surface area (Å²) in [6, 6.07) is -0.141. The van der Waals surface area contributed by atoms with Gasteiger partial charge in [-0.25, -0.2) is 4.79 Å². The van der Waals surface area contributed by atoms with E-state index in [-0.39, 0.29) is 76.3 Å². The van der Waals surface area contributed by atoms with Crippen molar-refractivity contribution in [2.24, 2.45) is 56.2 Å². The number of Topliss-reactive ketones (excluding diaryl/α,β-unsaturated/α-hetero) is 1. The van der Waals surface area contributed by atoms with E-state index in [4.69, 9.17) is 9.47 Å². The molecule has 5 aliphatic carbocycles. The number of likely N-dealkylation sites (tertiary alicyclic amines) is 1. The van der Waals surface area contributed by atoms with Crippen LogP contribution in [0.3, 0.4) is 0 Å². The van der Waals surface area contributed by atoms with Gasteiger partial charge in [-0.15, -0.1) is 0 Å². The fraction of sp³-hybridized carbons (Fsp3) is 0.848. The number of fused-ring (bicyclic) bond motifs is 7. The highest BCUT2D eigenvalue weighted by atomic mass is 16.6. The molecule has 0 aromatic rings. The van der Waals surface area contributed by atoms with Crippen LogP contribution in [0.1, 0.15) is 160 Å². The number of hydrogen-bond acceptors (Lipinski definition) is 7. The zero-order valence-electron chi connectivity index (χ0n) is 36.6. The number of amides is 2. The number of carbonyl (C=O) groups excluding carboxylic acids is 4. The molecule has 1 heterocycles. The average molecular weight is 781 g/mol.